The van der Waals surface area contributed by atoms with Crippen LogP contribution in [0.5, 0.6) is 11.5 Å². The summed E-state index contributed by atoms with van der Waals surface area (Å²) in [5.41, 5.74) is 4.41. The van der Waals surface area contributed by atoms with Gasteiger partial charge in [-0.15, -0.1) is 0 Å². The number of hydrogen-bond acceptors (Lipinski definition) is 5. The number of aromatic nitrogens is 2. The Hall–Kier alpha value is -2.54. The van der Waals surface area contributed by atoms with Gasteiger partial charge in [0.2, 0.25) is 0 Å². The smallest absolute Gasteiger partial charge is 0.269 e. The van der Waals surface area contributed by atoms with E-state index in [0.29, 0.717) is 36.2 Å². The molecule has 0 radical (unpaired) electrons. The molecule has 7 nitrogen and oxygen atoms in total. The van der Waals surface area contributed by atoms with Crippen LogP contribution >= 0.6 is 0 Å². The van der Waals surface area contributed by atoms with E-state index in [2.05, 4.69) is 27.3 Å². The largest absolute Gasteiger partial charge is 0.493 e. The van der Waals surface area contributed by atoms with Gasteiger partial charge in [-0.3, -0.25) is 14.8 Å². The molecule has 1 aromatic heterocycles. The van der Waals surface area contributed by atoms with Crippen molar-refractivity contribution in [1.82, 2.24) is 20.4 Å². The highest BCUT2D eigenvalue weighted by atomic mass is 16.5. The fourth-order valence-corrected chi connectivity index (χ4v) is 4.27. The van der Waals surface area contributed by atoms with E-state index in [1.165, 1.54) is 6.42 Å². The van der Waals surface area contributed by atoms with Gasteiger partial charge < -0.3 is 14.8 Å². The number of aromatic amines is 1. The van der Waals surface area contributed by atoms with E-state index in [4.69, 9.17) is 9.47 Å². The first kappa shape index (κ1) is 17.9. The van der Waals surface area contributed by atoms with Crippen molar-refractivity contribution < 1.29 is 14.3 Å². The summed E-state index contributed by atoms with van der Waals surface area (Å²) in [5.74, 6) is 1.27. The number of amides is 1. The summed E-state index contributed by atoms with van der Waals surface area (Å²) in [6, 6.07) is 4.33. The van der Waals surface area contributed by atoms with Crippen LogP contribution in [-0.2, 0) is 6.42 Å². The lowest BCUT2D eigenvalue weighted by atomic mass is 10.1. The van der Waals surface area contributed by atoms with Gasteiger partial charge in [0.15, 0.2) is 11.5 Å². The van der Waals surface area contributed by atoms with Crippen molar-refractivity contribution in [2.45, 2.75) is 32.2 Å². The maximum absolute atomic E-state index is 12.8. The summed E-state index contributed by atoms with van der Waals surface area (Å²) in [5, 5.41) is 10.4. The first-order valence-electron chi connectivity index (χ1n) is 9.51. The fraction of sp³-hybridized carbons (Fsp3) is 0.500. The number of methoxy groups -OCH3 is 2. The van der Waals surface area contributed by atoms with Gasteiger partial charge in [0, 0.05) is 30.1 Å². The number of rotatable bonds is 6. The highest BCUT2D eigenvalue weighted by Gasteiger charge is 2.30. The number of carbonyl (C=O) groups is 1. The summed E-state index contributed by atoms with van der Waals surface area (Å²) < 4.78 is 10.8. The van der Waals surface area contributed by atoms with Gasteiger partial charge in [0.05, 0.1) is 19.9 Å². The third-order valence-electron chi connectivity index (χ3n) is 5.73. The minimum atomic E-state index is -0.0848. The van der Waals surface area contributed by atoms with Gasteiger partial charge in [-0.1, -0.05) is 6.92 Å². The molecule has 1 aromatic carbocycles. The number of benzene rings is 1. The van der Waals surface area contributed by atoms with Crippen LogP contribution in [-0.4, -0.2) is 60.9 Å². The molecule has 2 heterocycles. The van der Waals surface area contributed by atoms with E-state index in [1.54, 1.807) is 14.2 Å². The first-order valence-corrected chi connectivity index (χ1v) is 9.51. The van der Waals surface area contributed by atoms with Crippen molar-refractivity contribution in [2.75, 3.05) is 33.9 Å². The molecule has 1 amide bonds. The second kappa shape index (κ2) is 7.23. The van der Waals surface area contributed by atoms with Gasteiger partial charge in [-0.25, -0.2) is 0 Å². The molecular weight excluding hydrogens is 344 g/mol. The molecule has 7 heteroatoms. The molecule has 1 atom stereocenters. The van der Waals surface area contributed by atoms with Crippen LogP contribution in [0.25, 0.3) is 11.3 Å². The summed E-state index contributed by atoms with van der Waals surface area (Å²) in [6.07, 6.45) is 3.00. The molecule has 2 aromatic rings. The summed E-state index contributed by atoms with van der Waals surface area (Å²) in [4.78, 5) is 15.2. The van der Waals surface area contributed by atoms with Crippen molar-refractivity contribution in [1.29, 1.82) is 0 Å². The Labute approximate surface area is 159 Å². The molecule has 0 spiro atoms. The van der Waals surface area contributed by atoms with Crippen LogP contribution in [0.3, 0.4) is 0 Å². The number of hydrogen-bond donors (Lipinski definition) is 2. The van der Waals surface area contributed by atoms with Gasteiger partial charge in [-0.05, 0) is 43.6 Å². The second-order valence-corrected chi connectivity index (χ2v) is 7.10. The Bertz CT molecular complexity index is 861. The van der Waals surface area contributed by atoms with Gasteiger partial charge >= 0.3 is 0 Å². The highest BCUT2D eigenvalue weighted by molar-refractivity contribution is 5.97. The van der Waals surface area contributed by atoms with Gasteiger partial charge in [-0.2, -0.15) is 5.10 Å². The molecule has 0 unspecified atom stereocenters. The van der Waals surface area contributed by atoms with Crippen LogP contribution in [0, 0.1) is 0 Å². The molecule has 144 valence electrons. The Kier molecular flexibility index (Phi) is 4.78. The first-order chi connectivity index (χ1) is 13.2. The van der Waals surface area contributed by atoms with Crippen molar-refractivity contribution >= 4 is 5.91 Å². The Balaban J connectivity index is 1.52. The molecular formula is C20H26N4O3. The average Bonchev–Trinajstić information content (AvgIpc) is 3.39. The fourth-order valence-electron chi connectivity index (χ4n) is 4.27. The molecule has 1 saturated heterocycles. The monoisotopic (exact) mass is 370 g/mol. The van der Waals surface area contributed by atoms with Crippen molar-refractivity contribution in [3.8, 4) is 22.8 Å². The van der Waals surface area contributed by atoms with Crippen molar-refractivity contribution in [2.24, 2.45) is 0 Å². The zero-order valence-corrected chi connectivity index (χ0v) is 16.1. The number of ether oxygens (including phenoxy) is 2. The van der Waals surface area contributed by atoms with Gasteiger partial charge in [0.1, 0.15) is 5.69 Å². The lowest BCUT2D eigenvalue weighted by Gasteiger charge is -2.22. The Morgan fingerprint density at radius 1 is 1.33 bits per heavy atom. The topological polar surface area (TPSA) is 79.5 Å². The van der Waals surface area contributed by atoms with E-state index in [-0.39, 0.29) is 5.91 Å². The van der Waals surface area contributed by atoms with Crippen LogP contribution in [0.4, 0.5) is 0 Å². The molecule has 4 rings (SSSR count). The van der Waals surface area contributed by atoms with Crippen LogP contribution in [0.15, 0.2) is 12.1 Å². The van der Waals surface area contributed by atoms with E-state index < -0.39 is 0 Å². The number of H-pyrrole nitrogens is 1. The lowest BCUT2D eigenvalue weighted by Crippen LogP contribution is -2.40. The average molecular weight is 370 g/mol. The zero-order chi connectivity index (χ0) is 19.0. The predicted molar refractivity (Wildman–Crippen MR) is 103 cm³/mol. The maximum atomic E-state index is 12.8. The predicted octanol–water partition coefficient (Wildman–Crippen LogP) is 2.21. The van der Waals surface area contributed by atoms with Crippen molar-refractivity contribution in [3.05, 3.63) is 29.0 Å². The number of likely N-dealkylation sites (N-methyl/N-ethyl adjacent to an activating group) is 1. The summed E-state index contributed by atoms with van der Waals surface area (Å²) >= 11 is 0. The number of likely N-dealkylation sites (tertiary alicyclic amines) is 1. The third kappa shape index (κ3) is 3.06. The van der Waals surface area contributed by atoms with Crippen LogP contribution in [0.2, 0.25) is 0 Å². The summed E-state index contributed by atoms with van der Waals surface area (Å²) in [7, 11) is 3.24. The van der Waals surface area contributed by atoms with Crippen LogP contribution in [0.1, 0.15) is 41.4 Å². The van der Waals surface area contributed by atoms with E-state index in [9.17, 15) is 4.79 Å². The number of fused-ring (bicyclic) bond motifs is 3. The zero-order valence-electron chi connectivity index (χ0n) is 16.1. The quantitative estimate of drug-likeness (QED) is 0.695. The highest BCUT2D eigenvalue weighted by Crippen LogP contribution is 2.42. The summed E-state index contributed by atoms with van der Waals surface area (Å²) in [6.45, 7) is 4.99. The normalized spacial score (nSPS) is 18.3. The van der Waals surface area contributed by atoms with E-state index in [0.717, 1.165) is 41.9 Å². The molecule has 2 N–H and O–H groups in total. The lowest BCUT2D eigenvalue weighted by molar-refractivity contribution is 0.0935. The Morgan fingerprint density at radius 2 is 2.11 bits per heavy atom. The maximum Gasteiger partial charge on any atom is 0.269 e. The number of nitrogens with one attached hydrogen (secondary N) is 2. The molecule has 2 aliphatic rings. The second-order valence-electron chi connectivity index (χ2n) is 7.10. The van der Waals surface area contributed by atoms with Crippen LogP contribution < -0.4 is 14.8 Å². The molecule has 1 aliphatic heterocycles. The van der Waals surface area contributed by atoms with Crippen molar-refractivity contribution in [3.63, 3.8) is 0 Å². The minimum Gasteiger partial charge on any atom is -0.493 e. The Morgan fingerprint density at radius 3 is 2.85 bits per heavy atom. The standard InChI is InChI=1S/C20H26N4O3/c1-4-24-7-5-6-13(24)11-21-20(25)19-15-8-12-9-16(26-2)17(27-3)10-14(12)18(15)22-23-19/h9-10,13H,4-8,11H2,1-3H3,(H,21,25)(H,22,23)/t13-/m1/s1. The van der Waals surface area contributed by atoms with E-state index >= 15 is 0 Å². The van der Waals surface area contributed by atoms with Gasteiger partial charge in [0.25, 0.3) is 5.91 Å². The third-order valence-corrected chi connectivity index (χ3v) is 5.73. The molecule has 0 bridgehead atoms. The number of nitrogens with zero attached hydrogens (tertiary/aromatic N) is 2. The molecule has 0 saturated carbocycles. The SMILES string of the molecule is CCN1CCC[C@@H]1CNC(=O)c1[nH]nc2c1Cc1cc(OC)c(OC)cc1-2. The minimum absolute atomic E-state index is 0.0848. The molecule has 1 fully saturated rings. The number of carbonyl (C=O) groups excluding carboxylic acids is 1. The molecule has 27 heavy (non-hydrogen) atoms. The molecule has 1 aliphatic carbocycles. The van der Waals surface area contributed by atoms with E-state index in [1.807, 2.05) is 12.1 Å².